The van der Waals surface area contributed by atoms with Gasteiger partial charge in [-0.05, 0) is 44.6 Å². The molecule has 2 saturated heterocycles. The van der Waals surface area contributed by atoms with Crippen LogP contribution in [-0.2, 0) is 11.3 Å². The van der Waals surface area contributed by atoms with E-state index in [1.54, 1.807) is 0 Å². The molecule has 0 aromatic carbocycles. The second-order valence-electron chi connectivity index (χ2n) is 7.59. The Morgan fingerprint density at radius 1 is 1.00 bits per heavy atom. The highest BCUT2D eigenvalue weighted by molar-refractivity contribution is 5.07. The molecule has 1 aromatic rings. The molecule has 3 heterocycles. The number of hydrogen-bond acceptors (Lipinski definition) is 4. The molecule has 1 atom stereocenters. The van der Waals surface area contributed by atoms with Gasteiger partial charge in [-0.25, -0.2) is 9.67 Å². The van der Waals surface area contributed by atoms with E-state index in [1.165, 1.54) is 44.3 Å². The number of rotatable bonds is 4. The molecule has 3 fully saturated rings. The van der Waals surface area contributed by atoms with E-state index in [1.807, 2.05) is 0 Å². The predicted molar refractivity (Wildman–Crippen MR) is 89.6 cm³/mol. The smallest absolute Gasteiger partial charge is 0.154 e. The van der Waals surface area contributed by atoms with Gasteiger partial charge in [0.25, 0.3) is 0 Å². The Hall–Kier alpha value is -0.940. The second kappa shape index (κ2) is 7.31. The second-order valence-corrected chi connectivity index (χ2v) is 7.59. The molecule has 1 saturated carbocycles. The summed E-state index contributed by atoms with van der Waals surface area (Å²) in [6.45, 7) is 5.00. The molecule has 2 aliphatic heterocycles. The number of aromatic nitrogens is 3. The Balaban J connectivity index is 1.54. The van der Waals surface area contributed by atoms with Crippen molar-refractivity contribution in [2.24, 2.45) is 5.92 Å². The summed E-state index contributed by atoms with van der Waals surface area (Å²) >= 11 is 0. The normalized spacial score (nSPS) is 27.6. The van der Waals surface area contributed by atoms with Crippen molar-refractivity contribution in [1.82, 2.24) is 20.1 Å². The number of hydrogen-bond donors (Lipinski definition) is 1. The van der Waals surface area contributed by atoms with Crippen LogP contribution >= 0.6 is 0 Å². The summed E-state index contributed by atoms with van der Waals surface area (Å²) in [5, 5.41) is 8.48. The summed E-state index contributed by atoms with van der Waals surface area (Å²) < 4.78 is 7.80. The molecule has 0 spiro atoms. The molecule has 3 aliphatic rings. The van der Waals surface area contributed by atoms with E-state index >= 15 is 0 Å². The standard InChI is InChI=1S/C18H30N4O/c1-2-4-14(5-3-1)13-22-18(16-6-9-19-12-16)20-17(21-22)15-7-10-23-11-8-15/h14-16,19H,1-13H2/t16-/m0/s1. The fourth-order valence-electron chi connectivity index (χ4n) is 4.43. The zero-order valence-corrected chi connectivity index (χ0v) is 14.2. The Labute approximate surface area is 139 Å². The largest absolute Gasteiger partial charge is 0.381 e. The fourth-order valence-corrected chi connectivity index (χ4v) is 4.43. The van der Waals surface area contributed by atoms with Crippen molar-refractivity contribution < 1.29 is 4.74 Å². The predicted octanol–water partition coefficient (Wildman–Crippen LogP) is 2.83. The first-order valence-corrected chi connectivity index (χ1v) is 9.63. The summed E-state index contributed by atoms with van der Waals surface area (Å²) in [6.07, 6.45) is 10.3. The van der Waals surface area contributed by atoms with Gasteiger partial charge >= 0.3 is 0 Å². The summed E-state index contributed by atoms with van der Waals surface area (Å²) in [5.41, 5.74) is 0. The lowest BCUT2D eigenvalue weighted by molar-refractivity contribution is 0.0835. The fraction of sp³-hybridized carbons (Fsp3) is 0.889. The maximum Gasteiger partial charge on any atom is 0.154 e. The van der Waals surface area contributed by atoms with E-state index < -0.39 is 0 Å². The van der Waals surface area contributed by atoms with Gasteiger partial charge < -0.3 is 10.1 Å². The molecule has 0 unspecified atom stereocenters. The van der Waals surface area contributed by atoms with Gasteiger partial charge in [-0.2, -0.15) is 5.10 Å². The third-order valence-electron chi connectivity index (χ3n) is 5.88. The van der Waals surface area contributed by atoms with Gasteiger partial charge in [0.2, 0.25) is 0 Å². The molecule has 4 rings (SSSR count). The van der Waals surface area contributed by atoms with Crippen LogP contribution in [-0.4, -0.2) is 41.1 Å². The molecule has 23 heavy (non-hydrogen) atoms. The van der Waals surface area contributed by atoms with Crippen LogP contribution in [0.15, 0.2) is 0 Å². The molecule has 0 radical (unpaired) electrons. The molecule has 0 amide bonds. The zero-order chi connectivity index (χ0) is 15.5. The highest BCUT2D eigenvalue weighted by Gasteiger charge is 2.28. The molecule has 1 aliphatic carbocycles. The van der Waals surface area contributed by atoms with E-state index in [0.717, 1.165) is 57.4 Å². The first-order valence-electron chi connectivity index (χ1n) is 9.63. The van der Waals surface area contributed by atoms with Crippen molar-refractivity contribution in [1.29, 1.82) is 0 Å². The average molecular weight is 318 g/mol. The first-order chi connectivity index (χ1) is 11.4. The number of ether oxygens (including phenoxy) is 1. The highest BCUT2D eigenvalue weighted by atomic mass is 16.5. The van der Waals surface area contributed by atoms with Gasteiger partial charge in [-0.15, -0.1) is 0 Å². The molecule has 5 nitrogen and oxygen atoms in total. The van der Waals surface area contributed by atoms with Crippen LogP contribution in [0.3, 0.4) is 0 Å². The van der Waals surface area contributed by atoms with Gasteiger partial charge in [0.05, 0.1) is 0 Å². The zero-order valence-electron chi connectivity index (χ0n) is 14.2. The third-order valence-corrected chi connectivity index (χ3v) is 5.88. The van der Waals surface area contributed by atoms with Crippen molar-refractivity contribution in [3.8, 4) is 0 Å². The molecule has 128 valence electrons. The van der Waals surface area contributed by atoms with Crippen molar-refractivity contribution in [3.05, 3.63) is 11.6 Å². The van der Waals surface area contributed by atoms with Crippen molar-refractivity contribution in [3.63, 3.8) is 0 Å². The highest BCUT2D eigenvalue weighted by Crippen LogP contribution is 2.30. The van der Waals surface area contributed by atoms with Crippen LogP contribution in [0.2, 0.25) is 0 Å². The van der Waals surface area contributed by atoms with Crippen molar-refractivity contribution >= 4 is 0 Å². The number of nitrogens with one attached hydrogen (secondary N) is 1. The molecule has 1 N–H and O–H groups in total. The average Bonchev–Trinajstić information content (AvgIpc) is 3.26. The van der Waals surface area contributed by atoms with E-state index in [9.17, 15) is 0 Å². The Kier molecular flexibility index (Phi) is 4.95. The summed E-state index contributed by atoms with van der Waals surface area (Å²) in [6, 6.07) is 0. The van der Waals surface area contributed by atoms with Gasteiger partial charge in [-0.1, -0.05) is 19.3 Å². The lowest BCUT2D eigenvalue weighted by Gasteiger charge is -2.22. The van der Waals surface area contributed by atoms with Crippen LogP contribution in [0.25, 0.3) is 0 Å². The van der Waals surface area contributed by atoms with E-state index in [4.69, 9.17) is 14.8 Å². The minimum Gasteiger partial charge on any atom is -0.381 e. The van der Waals surface area contributed by atoms with Crippen molar-refractivity contribution in [2.45, 2.75) is 69.7 Å². The van der Waals surface area contributed by atoms with E-state index in [-0.39, 0.29) is 0 Å². The van der Waals surface area contributed by atoms with Crippen LogP contribution in [0.1, 0.15) is 74.9 Å². The maximum absolute atomic E-state index is 5.51. The third kappa shape index (κ3) is 3.61. The van der Waals surface area contributed by atoms with Crippen LogP contribution in [0.5, 0.6) is 0 Å². The SMILES string of the molecule is C1CCC(Cn2nc(C3CCOCC3)nc2[C@H]2CCNC2)CC1. The van der Waals surface area contributed by atoms with Crippen LogP contribution in [0, 0.1) is 5.92 Å². The van der Waals surface area contributed by atoms with E-state index in [0.29, 0.717) is 11.8 Å². The lowest BCUT2D eigenvalue weighted by atomic mass is 9.89. The summed E-state index contributed by atoms with van der Waals surface area (Å²) in [5.74, 6) is 4.21. The van der Waals surface area contributed by atoms with Gasteiger partial charge in [0.15, 0.2) is 5.82 Å². The Bertz CT molecular complexity index is 497. The monoisotopic (exact) mass is 318 g/mol. The quantitative estimate of drug-likeness (QED) is 0.927. The van der Waals surface area contributed by atoms with Gasteiger partial charge in [0, 0.05) is 38.1 Å². The van der Waals surface area contributed by atoms with Crippen LogP contribution < -0.4 is 5.32 Å². The van der Waals surface area contributed by atoms with Crippen molar-refractivity contribution in [2.75, 3.05) is 26.3 Å². The van der Waals surface area contributed by atoms with Gasteiger partial charge in [-0.3, -0.25) is 0 Å². The summed E-state index contributed by atoms with van der Waals surface area (Å²) in [7, 11) is 0. The molecule has 5 heteroatoms. The van der Waals surface area contributed by atoms with Gasteiger partial charge in [0.1, 0.15) is 5.82 Å². The molecule has 1 aromatic heterocycles. The molecular formula is C18H30N4O. The first kappa shape index (κ1) is 15.6. The van der Waals surface area contributed by atoms with Crippen LogP contribution in [0.4, 0.5) is 0 Å². The minimum atomic E-state index is 0.504. The Morgan fingerprint density at radius 2 is 1.83 bits per heavy atom. The minimum absolute atomic E-state index is 0.504. The lowest BCUT2D eigenvalue weighted by Crippen LogP contribution is -2.19. The molecular weight excluding hydrogens is 288 g/mol. The maximum atomic E-state index is 5.51. The topological polar surface area (TPSA) is 52.0 Å². The Morgan fingerprint density at radius 3 is 2.57 bits per heavy atom. The summed E-state index contributed by atoms with van der Waals surface area (Å²) in [4.78, 5) is 5.04. The van der Waals surface area contributed by atoms with E-state index in [2.05, 4.69) is 10.00 Å². The number of nitrogens with zero attached hydrogens (tertiary/aromatic N) is 3. The molecule has 0 bridgehead atoms.